The topological polar surface area (TPSA) is 115 Å². The highest BCUT2D eigenvalue weighted by atomic mass is 19.4. The molecule has 0 aromatic heterocycles. The van der Waals surface area contributed by atoms with Gasteiger partial charge in [0, 0.05) is 17.1 Å². The van der Waals surface area contributed by atoms with Crippen LogP contribution in [-0.2, 0) is 20.5 Å². The van der Waals surface area contributed by atoms with Gasteiger partial charge in [-0.05, 0) is 42.5 Å². The van der Waals surface area contributed by atoms with Gasteiger partial charge in [-0.15, -0.1) is 0 Å². The third-order valence-corrected chi connectivity index (χ3v) is 4.85. The third kappa shape index (κ3) is 6.00. The van der Waals surface area contributed by atoms with E-state index in [0.29, 0.717) is 11.0 Å². The molecule has 2 aromatic carbocycles. The lowest BCUT2D eigenvalue weighted by atomic mass is 10.1. The molecule has 1 fully saturated rings. The van der Waals surface area contributed by atoms with Crippen LogP contribution in [0.1, 0.15) is 11.1 Å². The molecule has 8 nitrogen and oxygen atoms in total. The second-order valence-electron chi connectivity index (χ2n) is 7.28. The maximum absolute atomic E-state index is 13.6. The molecule has 0 radical (unpaired) electrons. The van der Waals surface area contributed by atoms with Crippen LogP contribution in [0.15, 0.2) is 42.5 Å². The molecular formula is C21H16F6N4O4. The lowest BCUT2D eigenvalue weighted by Crippen LogP contribution is -2.42. The molecule has 2 aromatic rings. The quantitative estimate of drug-likeness (QED) is 0.541. The summed E-state index contributed by atoms with van der Waals surface area (Å²) in [7, 11) is 0. The van der Waals surface area contributed by atoms with Crippen molar-refractivity contribution in [3.05, 3.63) is 53.6 Å². The normalized spacial score (nSPS) is 18.2. The van der Waals surface area contributed by atoms with Crippen molar-refractivity contribution in [3.63, 3.8) is 0 Å². The van der Waals surface area contributed by atoms with Crippen molar-refractivity contribution in [3.8, 4) is 6.07 Å². The van der Waals surface area contributed by atoms with Gasteiger partial charge in [-0.1, -0.05) is 0 Å². The summed E-state index contributed by atoms with van der Waals surface area (Å²) in [5.74, 6) is -1.67. The standard InChI is InChI=1S/C21H16F6N4O4/c22-20(23,24)15-7-14(6-1-11(15)8-28)31-9-16(35-19(31)21(25,26)27)18(34)30-13-4-2-12(3-5-13)29-17(33)10-32/h1-7,16,19,32H,9-10H2,(H,29,33)(H,30,34). The Kier molecular flexibility index (Phi) is 7.22. The summed E-state index contributed by atoms with van der Waals surface area (Å²) in [6.45, 7) is -1.47. The number of amides is 2. The van der Waals surface area contributed by atoms with E-state index in [2.05, 4.69) is 10.6 Å². The molecule has 3 N–H and O–H groups in total. The molecule has 2 atom stereocenters. The summed E-state index contributed by atoms with van der Waals surface area (Å²) in [4.78, 5) is 24.2. The molecule has 35 heavy (non-hydrogen) atoms. The zero-order chi connectivity index (χ0) is 26.0. The van der Waals surface area contributed by atoms with E-state index in [1.807, 2.05) is 0 Å². The van der Waals surface area contributed by atoms with Gasteiger partial charge < -0.3 is 25.4 Å². The average Bonchev–Trinajstić information content (AvgIpc) is 3.25. The molecule has 186 valence electrons. The first kappa shape index (κ1) is 25.8. The van der Waals surface area contributed by atoms with Crippen molar-refractivity contribution < 1.29 is 45.8 Å². The predicted octanol–water partition coefficient (Wildman–Crippen LogP) is 3.24. The molecule has 1 heterocycles. The summed E-state index contributed by atoms with van der Waals surface area (Å²) < 4.78 is 85.5. The van der Waals surface area contributed by atoms with Crippen LogP contribution in [0.3, 0.4) is 0 Å². The lowest BCUT2D eigenvalue weighted by Gasteiger charge is -2.27. The number of alkyl halides is 6. The molecule has 3 rings (SSSR count). The minimum absolute atomic E-state index is 0.139. The fourth-order valence-electron chi connectivity index (χ4n) is 3.29. The van der Waals surface area contributed by atoms with Gasteiger partial charge in [-0.25, -0.2) is 0 Å². The number of nitriles is 1. The fourth-order valence-corrected chi connectivity index (χ4v) is 3.29. The van der Waals surface area contributed by atoms with Gasteiger partial charge in [0.15, 0.2) is 6.10 Å². The fraction of sp³-hybridized carbons (Fsp3) is 0.286. The Balaban J connectivity index is 1.81. The molecule has 1 saturated heterocycles. The number of aliphatic hydroxyl groups is 1. The van der Waals surface area contributed by atoms with Gasteiger partial charge in [0.1, 0.15) is 6.61 Å². The predicted molar refractivity (Wildman–Crippen MR) is 109 cm³/mol. The molecule has 1 aliphatic heterocycles. The highest BCUT2D eigenvalue weighted by Crippen LogP contribution is 2.39. The van der Waals surface area contributed by atoms with E-state index in [1.54, 1.807) is 0 Å². The number of carbonyl (C=O) groups is 2. The number of ether oxygens (including phenoxy) is 1. The summed E-state index contributed by atoms with van der Waals surface area (Å²) in [5, 5.41) is 22.3. The van der Waals surface area contributed by atoms with Crippen molar-refractivity contribution in [1.82, 2.24) is 0 Å². The number of aliphatic hydroxyl groups excluding tert-OH is 1. The van der Waals surface area contributed by atoms with Gasteiger partial charge in [0.25, 0.3) is 5.91 Å². The van der Waals surface area contributed by atoms with Crippen LogP contribution in [0.4, 0.5) is 43.4 Å². The Morgan fingerprint density at radius 1 is 1.06 bits per heavy atom. The molecule has 2 amide bonds. The molecule has 0 bridgehead atoms. The zero-order valence-electron chi connectivity index (χ0n) is 17.4. The van der Waals surface area contributed by atoms with Crippen LogP contribution in [0.25, 0.3) is 0 Å². The lowest BCUT2D eigenvalue weighted by molar-refractivity contribution is -0.212. The van der Waals surface area contributed by atoms with Crippen molar-refractivity contribution >= 4 is 28.9 Å². The van der Waals surface area contributed by atoms with E-state index in [0.717, 1.165) is 12.1 Å². The molecule has 2 unspecified atom stereocenters. The number of rotatable bonds is 5. The third-order valence-electron chi connectivity index (χ3n) is 4.85. The van der Waals surface area contributed by atoms with E-state index < -0.39 is 66.5 Å². The second-order valence-corrected chi connectivity index (χ2v) is 7.28. The van der Waals surface area contributed by atoms with E-state index >= 15 is 0 Å². The minimum Gasteiger partial charge on any atom is -0.387 e. The van der Waals surface area contributed by atoms with Gasteiger partial charge in [0.2, 0.25) is 12.1 Å². The monoisotopic (exact) mass is 502 g/mol. The number of anilines is 3. The number of nitrogens with one attached hydrogen (secondary N) is 2. The van der Waals surface area contributed by atoms with E-state index in [4.69, 9.17) is 15.1 Å². The van der Waals surface area contributed by atoms with Crippen LogP contribution in [0, 0.1) is 11.3 Å². The first-order valence-corrected chi connectivity index (χ1v) is 9.75. The highest BCUT2D eigenvalue weighted by Gasteiger charge is 2.52. The first-order valence-electron chi connectivity index (χ1n) is 9.75. The van der Waals surface area contributed by atoms with Crippen LogP contribution < -0.4 is 15.5 Å². The summed E-state index contributed by atoms with van der Waals surface area (Å²) in [6, 6.07) is 8.78. The summed E-state index contributed by atoms with van der Waals surface area (Å²) in [6.07, 6.45) is -14.4. The van der Waals surface area contributed by atoms with Gasteiger partial charge in [-0.3, -0.25) is 9.59 Å². The maximum Gasteiger partial charge on any atom is 0.433 e. The van der Waals surface area contributed by atoms with Crippen LogP contribution in [0.5, 0.6) is 0 Å². The number of halogens is 6. The zero-order valence-corrected chi connectivity index (χ0v) is 17.4. The first-order chi connectivity index (χ1) is 16.3. The van der Waals surface area contributed by atoms with Crippen LogP contribution >= 0.6 is 0 Å². The Labute approximate surface area is 193 Å². The van der Waals surface area contributed by atoms with Crippen molar-refractivity contribution in [1.29, 1.82) is 5.26 Å². The van der Waals surface area contributed by atoms with E-state index in [9.17, 15) is 35.9 Å². The molecule has 0 aliphatic carbocycles. The highest BCUT2D eigenvalue weighted by molar-refractivity contribution is 5.96. The largest absolute Gasteiger partial charge is 0.433 e. The van der Waals surface area contributed by atoms with Crippen molar-refractivity contribution in [2.45, 2.75) is 24.7 Å². The molecule has 1 aliphatic rings. The van der Waals surface area contributed by atoms with E-state index in [1.165, 1.54) is 30.3 Å². The van der Waals surface area contributed by atoms with Crippen LogP contribution in [0.2, 0.25) is 0 Å². The molecular weight excluding hydrogens is 486 g/mol. The number of hydrogen-bond acceptors (Lipinski definition) is 6. The second kappa shape index (κ2) is 9.80. The summed E-state index contributed by atoms with van der Waals surface area (Å²) in [5.41, 5.74) is -2.29. The molecule has 14 heteroatoms. The van der Waals surface area contributed by atoms with Gasteiger partial charge >= 0.3 is 12.4 Å². The van der Waals surface area contributed by atoms with Gasteiger partial charge in [0.05, 0.1) is 23.7 Å². The molecule has 0 saturated carbocycles. The Morgan fingerprint density at radius 2 is 1.66 bits per heavy atom. The average molecular weight is 502 g/mol. The molecule has 0 spiro atoms. The Hall–Kier alpha value is -3.83. The maximum atomic E-state index is 13.6. The number of benzene rings is 2. The minimum atomic E-state index is -5.05. The van der Waals surface area contributed by atoms with Crippen molar-refractivity contribution in [2.24, 2.45) is 0 Å². The Morgan fingerprint density at radius 3 is 2.17 bits per heavy atom. The summed E-state index contributed by atoms with van der Waals surface area (Å²) >= 11 is 0. The van der Waals surface area contributed by atoms with Crippen molar-refractivity contribution in [2.75, 3.05) is 28.7 Å². The number of nitrogens with zero attached hydrogens (tertiary/aromatic N) is 2. The smallest absolute Gasteiger partial charge is 0.387 e. The Bertz CT molecular complexity index is 1140. The van der Waals surface area contributed by atoms with E-state index in [-0.39, 0.29) is 11.4 Å². The van der Waals surface area contributed by atoms with Crippen LogP contribution in [-0.4, -0.2) is 48.6 Å². The number of hydrogen-bond donors (Lipinski definition) is 3. The SMILES string of the molecule is N#Cc1ccc(N2CC(C(=O)Nc3ccc(NC(=O)CO)cc3)OC2C(F)(F)F)cc1C(F)(F)F. The van der Waals surface area contributed by atoms with Gasteiger partial charge in [-0.2, -0.15) is 31.6 Å². The number of carbonyl (C=O) groups excluding carboxylic acids is 2.